The van der Waals surface area contributed by atoms with E-state index < -0.39 is 17.6 Å². The summed E-state index contributed by atoms with van der Waals surface area (Å²) in [5.74, 6) is -1.37. The van der Waals surface area contributed by atoms with Gasteiger partial charge in [0.25, 0.3) is 0 Å². The monoisotopic (exact) mass is 510 g/mol. The van der Waals surface area contributed by atoms with E-state index in [-0.39, 0.29) is 11.4 Å². The summed E-state index contributed by atoms with van der Waals surface area (Å²) in [5.41, 5.74) is 0.869. The molecule has 0 radical (unpaired) electrons. The van der Waals surface area contributed by atoms with Crippen LogP contribution in [0.5, 0.6) is 5.88 Å². The Morgan fingerprint density at radius 1 is 1.15 bits per heavy atom. The number of aromatic hydroxyl groups is 1. The van der Waals surface area contributed by atoms with Crippen molar-refractivity contribution < 1.29 is 27.4 Å². The topological polar surface area (TPSA) is 48.5 Å². The number of aromatic amines is 1. The quantitative estimate of drug-likeness (QED) is 0.294. The Kier molecular flexibility index (Phi) is 7.51. The molecule has 180 valence electrons. The Hall–Kier alpha value is -2.53. The van der Waals surface area contributed by atoms with E-state index in [1.807, 2.05) is 12.1 Å². The highest BCUT2D eigenvalue weighted by Gasteiger charge is 2.34. The molecule has 1 saturated heterocycles. The van der Waals surface area contributed by atoms with Crippen LogP contribution in [0.1, 0.15) is 22.4 Å². The van der Waals surface area contributed by atoms with Gasteiger partial charge in [-0.1, -0.05) is 30.3 Å². The number of hydrogen-bond donors (Lipinski definition) is 2. The van der Waals surface area contributed by atoms with Crippen LogP contribution < -0.4 is 0 Å². The SMILES string of the molecule is Oc1[nH]c(=S)sc1C(=CCCN1CCOCC1)c1cccc(-c2ccc(F)c(C(F)(F)F)c2)c1. The van der Waals surface area contributed by atoms with Gasteiger partial charge in [0.1, 0.15) is 5.82 Å². The minimum absolute atomic E-state index is 0.0563. The van der Waals surface area contributed by atoms with Gasteiger partial charge in [-0.15, -0.1) is 11.3 Å². The number of aromatic nitrogens is 1. The Morgan fingerprint density at radius 3 is 2.56 bits per heavy atom. The highest BCUT2D eigenvalue weighted by Crippen LogP contribution is 2.37. The van der Waals surface area contributed by atoms with Crippen molar-refractivity contribution in [1.82, 2.24) is 9.88 Å². The number of thiazole rings is 1. The summed E-state index contributed by atoms with van der Waals surface area (Å²) < 4.78 is 59.2. The molecule has 4 nitrogen and oxygen atoms in total. The first-order valence-electron chi connectivity index (χ1n) is 10.6. The Labute approximate surface area is 203 Å². The van der Waals surface area contributed by atoms with E-state index in [1.165, 1.54) is 17.4 Å². The molecule has 0 atom stereocenters. The maximum absolute atomic E-state index is 13.8. The van der Waals surface area contributed by atoms with Gasteiger partial charge in [0.05, 0.1) is 23.7 Å². The molecule has 0 unspecified atom stereocenters. The van der Waals surface area contributed by atoms with Gasteiger partial charge in [-0.05, 0) is 53.5 Å². The van der Waals surface area contributed by atoms with E-state index >= 15 is 0 Å². The molecule has 10 heteroatoms. The summed E-state index contributed by atoms with van der Waals surface area (Å²) in [7, 11) is 0. The fraction of sp³-hybridized carbons (Fsp3) is 0.292. The van der Waals surface area contributed by atoms with E-state index in [1.54, 1.807) is 18.2 Å². The second kappa shape index (κ2) is 10.4. The van der Waals surface area contributed by atoms with Crippen molar-refractivity contribution >= 4 is 29.1 Å². The van der Waals surface area contributed by atoms with Gasteiger partial charge < -0.3 is 14.8 Å². The van der Waals surface area contributed by atoms with Crippen molar-refractivity contribution in [3.8, 4) is 17.0 Å². The van der Waals surface area contributed by atoms with Crippen LogP contribution in [0.25, 0.3) is 16.7 Å². The molecule has 3 aromatic rings. The highest BCUT2D eigenvalue weighted by molar-refractivity contribution is 7.73. The van der Waals surface area contributed by atoms with E-state index in [9.17, 15) is 22.7 Å². The summed E-state index contributed by atoms with van der Waals surface area (Å²) >= 11 is 6.40. The van der Waals surface area contributed by atoms with Crippen molar-refractivity contribution in [2.45, 2.75) is 12.6 Å². The number of nitrogens with zero attached hydrogens (tertiary/aromatic N) is 1. The minimum atomic E-state index is -4.79. The third kappa shape index (κ3) is 5.75. The van der Waals surface area contributed by atoms with Gasteiger partial charge in [-0.3, -0.25) is 4.90 Å². The Balaban J connectivity index is 1.70. The van der Waals surface area contributed by atoms with Crippen LogP contribution in [0, 0.1) is 9.77 Å². The lowest BCUT2D eigenvalue weighted by Gasteiger charge is -2.26. The van der Waals surface area contributed by atoms with Crippen molar-refractivity contribution in [2.24, 2.45) is 0 Å². The van der Waals surface area contributed by atoms with Crippen LogP contribution in [-0.2, 0) is 10.9 Å². The lowest BCUT2D eigenvalue weighted by Crippen LogP contribution is -2.36. The molecule has 0 aliphatic carbocycles. The predicted octanol–water partition coefficient (Wildman–Crippen LogP) is 6.49. The van der Waals surface area contributed by atoms with Gasteiger partial charge in [0.15, 0.2) is 3.95 Å². The van der Waals surface area contributed by atoms with Crippen LogP contribution in [0.3, 0.4) is 0 Å². The van der Waals surface area contributed by atoms with Gasteiger partial charge in [-0.2, -0.15) is 13.2 Å². The Morgan fingerprint density at radius 2 is 1.88 bits per heavy atom. The van der Waals surface area contributed by atoms with Gasteiger partial charge in [0.2, 0.25) is 5.88 Å². The molecular formula is C24H22F4N2O2S2. The number of rotatable bonds is 6. The molecule has 1 fully saturated rings. The van der Waals surface area contributed by atoms with E-state index in [0.717, 1.165) is 37.3 Å². The normalized spacial score (nSPS) is 15.6. The second-order valence-electron chi connectivity index (χ2n) is 7.83. The predicted molar refractivity (Wildman–Crippen MR) is 127 cm³/mol. The maximum atomic E-state index is 13.8. The first-order chi connectivity index (χ1) is 16.2. The zero-order chi connectivity index (χ0) is 24.3. The van der Waals surface area contributed by atoms with E-state index in [2.05, 4.69) is 9.88 Å². The van der Waals surface area contributed by atoms with E-state index in [4.69, 9.17) is 17.0 Å². The smallest absolute Gasteiger partial charge is 0.419 e. The van der Waals surface area contributed by atoms with Gasteiger partial charge in [0, 0.05) is 25.2 Å². The molecule has 0 amide bonds. The number of halogens is 4. The van der Waals surface area contributed by atoms with Crippen LogP contribution in [0.2, 0.25) is 0 Å². The molecule has 2 aromatic carbocycles. The zero-order valence-corrected chi connectivity index (χ0v) is 19.6. The number of ether oxygens (including phenoxy) is 1. The average molecular weight is 511 g/mol. The molecule has 4 rings (SSSR count). The number of hydrogen-bond acceptors (Lipinski definition) is 5. The Bertz CT molecular complexity index is 1240. The molecule has 1 aliphatic heterocycles. The van der Waals surface area contributed by atoms with Crippen LogP contribution in [0.15, 0.2) is 48.5 Å². The first kappa shape index (κ1) is 24.6. The molecule has 0 saturated carbocycles. The number of morpholine rings is 1. The largest absolute Gasteiger partial charge is 0.494 e. The third-order valence-corrected chi connectivity index (χ3v) is 6.81. The third-order valence-electron chi connectivity index (χ3n) is 5.55. The van der Waals surface area contributed by atoms with Crippen molar-refractivity contribution in [3.63, 3.8) is 0 Å². The fourth-order valence-electron chi connectivity index (χ4n) is 3.85. The summed E-state index contributed by atoms with van der Waals surface area (Å²) in [6, 6.07) is 9.91. The summed E-state index contributed by atoms with van der Waals surface area (Å²) in [5, 5.41) is 10.4. The van der Waals surface area contributed by atoms with Crippen LogP contribution in [-0.4, -0.2) is 47.8 Å². The van der Waals surface area contributed by atoms with Crippen LogP contribution >= 0.6 is 23.6 Å². The first-order valence-corrected chi connectivity index (χ1v) is 11.8. The molecule has 2 heterocycles. The molecule has 0 bridgehead atoms. The molecule has 0 spiro atoms. The maximum Gasteiger partial charge on any atom is 0.419 e. The summed E-state index contributed by atoms with van der Waals surface area (Å²) in [4.78, 5) is 5.57. The summed E-state index contributed by atoms with van der Waals surface area (Å²) in [6.45, 7) is 3.88. The van der Waals surface area contributed by atoms with Crippen LogP contribution in [0.4, 0.5) is 17.6 Å². The summed E-state index contributed by atoms with van der Waals surface area (Å²) in [6.07, 6.45) is -2.10. The molecule has 2 N–H and O–H groups in total. The molecule has 34 heavy (non-hydrogen) atoms. The number of H-pyrrole nitrogens is 1. The molecule has 1 aromatic heterocycles. The average Bonchev–Trinajstić information content (AvgIpc) is 3.14. The second-order valence-corrected chi connectivity index (χ2v) is 9.51. The fourth-order valence-corrected chi connectivity index (χ4v) is 4.99. The van der Waals surface area contributed by atoms with Gasteiger partial charge >= 0.3 is 6.18 Å². The van der Waals surface area contributed by atoms with Gasteiger partial charge in [-0.25, -0.2) is 4.39 Å². The standard InChI is InChI=1S/C24H22F4N2O2S2/c25-20-7-6-16(14-19(20)24(26,27)28)15-3-1-4-17(13-15)18(21-22(31)29-23(33)34-21)5-2-8-30-9-11-32-12-10-30/h1,3-7,13-14,31H,2,8-12H2,(H,29,33). The lowest BCUT2D eigenvalue weighted by molar-refractivity contribution is -0.139. The molecular weight excluding hydrogens is 488 g/mol. The highest BCUT2D eigenvalue weighted by atomic mass is 32.1. The lowest BCUT2D eigenvalue weighted by atomic mass is 9.96. The van der Waals surface area contributed by atoms with Crippen molar-refractivity contribution in [2.75, 3.05) is 32.8 Å². The zero-order valence-electron chi connectivity index (χ0n) is 18.0. The number of nitrogens with one attached hydrogen (secondary N) is 1. The van der Waals surface area contributed by atoms with Crippen molar-refractivity contribution in [3.05, 3.63) is 74.3 Å². The number of benzene rings is 2. The minimum Gasteiger partial charge on any atom is -0.494 e. The molecule has 1 aliphatic rings. The van der Waals surface area contributed by atoms with Crippen molar-refractivity contribution in [1.29, 1.82) is 0 Å². The van der Waals surface area contributed by atoms with E-state index in [0.29, 0.717) is 39.6 Å². The number of alkyl halides is 3.